The quantitative estimate of drug-likeness (QED) is 0.282. The highest BCUT2D eigenvalue weighted by atomic mass is 32.8. The summed E-state index contributed by atoms with van der Waals surface area (Å²) in [6.07, 6.45) is 5.06. The molecule has 36 heavy (non-hydrogen) atoms. The number of hydrogen-bond donors (Lipinski definition) is 3. The van der Waals surface area contributed by atoms with Gasteiger partial charge in [0.25, 0.3) is 0 Å². The average molecular weight is 528 g/mol. The summed E-state index contributed by atoms with van der Waals surface area (Å²) in [5.41, 5.74) is 3.14. The number of pyridine rings is 2. The molecule has 0 atom stereocenters. The van der Waals surface area contributed by atoms with Gasteiger partial charge in [-0.15, -0.1) is 0 Å². The second-order valence-electron chi connectivity index (χ2n) is 7.86. The summed E-state index contributed by atoms with van der Waals surface area (Å²) in [6, 6.07) is 16.2. The number of esters is 1. The van der Waals surface area contributed by atoms with E-state index in [0.717, 1.165) is 55.1 Å². The number of fused-ring (bicyclic) bond motifs is 2. The summed E-state index contributed by atoms with van der Waals surface area (Å²) in [5, 5.41) is 10.5. The second kappa shape index (κ2) is 17.2. The van der Waals surface area contributed by atoms with Gasteiger partial charge in [-0.05, 0) is 50.5 Å². The predicted octanol–water partition coefficient (Wildman–Crippen LogP) is 3.93. The van der Waals surface area contributed by atoms with Crippen molar-refractivity contribution >= 4 is 56.7 Å². The second-order valence-corrected chi connectivity index (χ2v) is 7.86. The first-order chi connectivity index (χ1) is 17.7. The molecule has 2 aromatic heterocycles. The number of benzene rings is 1. The van der Waals surface area contributed by atoms with Crippen LogP contribution in [0.15, 0.2) is 54.7 Å². The van der Waals surface area contributed by atoms with Crippen LogP contribution in [0.2, 0.25) is 0 Å². The molecule has 0 spiro atoms. The third kappa shape index (κ3) is 10.6. The van der Waals surface area contributed by atoms with Gasteiger partial charge in [-0.3, -0.25) is 14.6 Å². The van der Waals surface area contributed by atoms with Gasteiger partial charge in [-0.1, -0.05) is 24.3 Å². The number of rotatable bonds is 9. The number of hydrogen-bond acceptors (Lipinski definition) is 9. The van der Waals surface area contributed by atoms with Crippen LogP contribution in [-0.2, 0) is 43.1 Å². The third-order valence-corrected chi connectivity index (χ3v) is 5.24. The Hall–Kier alpha value is -3.24. The Bertz CT molecular complexity index is 1030. The van der Waals surface area contributed by atoms with E-state index in [9.17, 15) is 9.59 Å². The molecule has 8 nitrogen and oxygen atoms in total. The number of amides is 1. The van der Waals surface area contributed by atoms with Crippen molar-refractivity contribution in [3.8, 4) is 0 Å². The lowest BCUT2D eigenvalue weighted by Gasteiger charge is -2.19. The number of carbonyl (C=O) groups excluding carboxylic acids is 2. The van der Waals surface area contributed by atoms with Gasteiger partial charge >= 0.3 is 5.97 Å². The van der Waals surface area contributed by atoms with Crippen molar-refractivity contribution in [2.45, 2.75) is 39.0 Å². The number of carbonyl (C=O) groups is 2. The maximum absolute atomic E-state index is 11.7. The van der Waals surface area contributed by atoms with Crippen molar-refractivity contribution in [2.75, 3.05) is 36.9 Å². The molecule has 3 heterocycles. The molecule has 4 rings (SSSR count). The first kappa shape index (κ1) is 29.0. The van der Waals surface area contributed by atoms with E-state index in [2.05, 4.69) is 60.4 Å². The first-order valence-corrected chi connectivity index (χ1v) is 13.4. The fourth-order valence-corrected chi connectivity index (χ4v) is 3.53. The highest BCUT2D eigenvalue weighted by Gasteiger charge is 2.10. The number of aromatic nitrogens is 2. The van der Waals surface area contributed by atoms with Gasteiger partial charge in [0.15, 0.2) is 0 Å². The molecule has 3 N–H and O–H groups in total. The van der Waals surface area contributed by atoms with Crippen LogP contribution >= 0.6 is 0 Å². The Labute approximate surface area is 222 Å². The molecule has 0 saturated heterocycles. The Morgan fingerprint density at radius 2 is 1.78 bits per heavy atom. The van der Waals surface area contributed by atoms with Crippen molar-refractivity contribution in [3.63, 3.8) is 0 Å². The lowest BCUT2D eigenvalue weighted by molar-refractivity contribution is -0.143. The van der Waals surface area contributed by atoms with Gasteiger partial charge in [0, 0.05) is 65.7 Å². The van der Waals surface area contributed by atoms with E-state index in [-0.39, 0.29) is 18.3 Å². The Kier molecular flexibility index (Phi) is 13.9. The molecule has 0 aliphatic carbocycles. The number of para-hydroxylation sites is 1. The number of nitrogens with one attached hydrogen (secondary N) is 3. The van der Waals surface area contributed by atoms with Crippen LogP contribution < -0.4 is 16.0 Å². The van der Waals surface area contributed by atoms with Crippen LogP contribution in [0.4, 0.5) is 11.5 Å². The minimum absolute atomic E-state index is 0.0245. The van der Waals surface area contributed by atoms with E-state index in [4.69, 9.17) is 4.74 Å². The van der Waals surface area contributed by atoms with Gasteiger partial charge in [0.1, 0.15) is 5.82 Å². The number of nitrogens with zero attached hydrogens (tertiary/aromatic N) is 2. The van der Waals surface area contributed by atoms with Crippen LogP contribution in [0.25, 0.3) is 10.9 Å². The zero-order valence-electron chi connectivity index (χ0n) is 20.5. The minimum atomic E-state index is -0.278. The zero-order valence-corrected chi connectivity index (χ0v) is 22.1. The molecule has 0 unspecified atom stereocenters. The van der Waals surface area contributed by atoms with Gasteiger partial charge < -0.3 is 20.7 Å². The SMILES string of the molecule is CCOC(=O)CCNC(=O)CCCCc1ccc2c(n1)NCCN2.S=S.c1ccc2ncccc2c1. The molecule has 0 radical (unpaired) electrons. The Morgan fingerprint density at radius 1 is 1.00 bits per heavy atom. The van der Waals surface area contributed by atoms with Crippen LogP contribution in [-0.4, -0.2) is 48.1 Å². The summed E-state index contributed by atoms with van der Waals surface area (Å²) in [5.74, 6) is 0.610. The fraction of sp³-hybridized carbons (Fsp3) is 0.385. The molecule has 0 saturated carbocycles. The van der Waals surface area contributed by atoms with Crippen molar-refractivity contribution in [1.82, 2.24) is 15.3 Å². The topological polar surface area (TPSA) is 105 Å². The molecule has 10 heteroatoms. The summed E-state index contributed by atoms with van der Waals surface area (Å²) in [4.78, 5) is 31.6. The van der Waals surface area contributed by atoms with Crippen LogP contribution in [0, 0.1) is 0 Å². The maximum atomic E-state index is 11.7. The van der Waals surface area contributed by atoms with E-state index in [1.807, 2.05) is 42.6 Å². The highest BCUT2D eigenvalue weighted by Crippen LogP contribution is 2.22. The van der Waals surface area contributed by atoms with Crippen molar-refractivity contribution in [2.24, 2.45) is 0 Å². The fourth-order valence-electron chi connectivity index (χ4n) is 3.53. The molecule has 1 aliphatic rings. The zero-order chi connectivity index (χ0) is 26.0. The summed E-state index contributed by atoms with van der Waals surface area (Å²) in [6.45, 7) is 4.27. The van der Waals surface area contributed by atoms with Gasteiger partial charge in [0.2, 0.25) is 5.91 Å². The maximum Gasteiger partial charge on any atom is 0.307 e. The Morgan fingerprint density at radius 3 is 2.58 bits per heavy atom. The predicted molar refractivity (Wildman–Crippen MR) is 150 cm³/mol. The number of anilines is 2. The molecular formula is C26H33N5O3S2. The molecular weight excluding hydrogens is 494 g/mol. The average Bonchev–Trinajstić information content (AvgIpc) is 2.93. The number of unbranched alkanes of at least 4 members (excludes halogenated alkanes) is 1. The highest BCUT2D eigenvalue weighted by molar-refractivity contribution is 8.07. The van der Waals surface area contributed by atoms with Crippen LogP contribution in [0.3, 0.4) is 0 Å². The summed E-state index contributed by atoms with van der Waals surface area (Å²) < 4.78 is 4.80. The molecule has 0 bridgehead atoms. The van der Waals surface area contributed by atoms with Gasteiger partial charge in [-0.2, -0.15) is 0 Å². The monoisotopic (exact) mass is 527 g/mol. The largest absolute Gasteiger partial charge is 0.466 e. The lowest BCUT2D eigenvalue weighted by Crippen LogP contribution is -2.26. The van der Waals surface area contributed by atoms with E-state index >= 15 is 0 Å². The minimum Gasteiger partial charge on any atom is -0.466 e. The summed E-state index contributed by atoms with van der Waals surface area (Å²) in [7, 11) is 0. The van der Waals surface area contributed by atoms with Gasteiger partial charge in [0.05, 0.1) is 24.2 Å². The van der Waals surface area contributed by atoms with Crippen molar-refractivity contribution in [3.05, 3.63) is 60.4 Å². The van der Waals surface area contributed by atoms with E-state index in [1.165, 1.54) is 5.39 Å². The molecule has 1 amide bonds. The number of ether oxygens (including phenoxy) is 1. The third-order valence-electron chi connectivity index (χ3n) is 5.24. The standard InChI is InChI=1S/C17H26N4O3.C9H7N.S2/c1-2-24-16(23)9-10-19-15(22)6-4-3-5-13-7-8-14-17(21-13)20-12-11-18-14;1-2-6-9-8(4-1)5-3-7-10-9;1-2/h7-8,18H,2-6,9-12H2,1H3,(H,19,22)(H,20,21);1-7H;. The van der Waals surface area contributed by atoms with E-state index in [1.54, 1.807) is 6.92 Å². The smallest absolute Gasteiger partial charge is 0.307 e. The molecule has 192 valence electrons. The van der Waals surface area contributed by atoms with Crippen molar-refractivity contribution in [1.29, 1.82) is 0 Å². The molecule has 0 fully saturated rings. The molecule has 1 aliphatic heterocycles. The van der Waals surface area contributed by atoms with Gasteiger partial charge in [-0.25, -0.2) is 4.98 Å². The Balaban J connectivity index is 0.000000313. The molecule has 1 aromatic carbocycles. The van der Waals surface area contributed by atoms with Crippen LogP contribution in [0.1, 0.15) is 38.3 Å². The van der Waals surface area contributed by atoms with E-state index in [0.29, 0.717) is 19.6 Å². The van der Waals surface area contributed by atoms with E-state index < -0.39 is 0 Å². The summed E-state index contributed by atoms with van der Waals surface area (Å²) >= 11 is 7.33. The lowest BCUT2D eigenvalue weighted by atomic mass is 10.1. The first-order valence-electron chi connectivity index (χ1n) is 12.0. The normalized spacial score (nSPS) is 11.2. The van der Waals surface area contributed by atoms with Crippen molar-refractivity contribution < 1.29 is 14.3 Å². The van der Waals surface area contributed by atoms with Crippen LogP contribution in [0.5, 0.6) is 0 Å². The number of aryl methyl sites for hydroxylation is 1. The molecule has 3 aromatic rings.